The van der Waals surface area contributed by atoms with Gasteiger partial charge in [0.15, 0.2) is 0 Å². The van der Waals surface area contributed by atoms with Gasteiger partial charge in [0.25, 0.3) is 0 Å². The minimum absolute atomic E-state index is 0.122. The van der Waals surface area contributed by atoms with E-state index in [9.17, 15) is 14.7 Å². The highest BCUT2D eigenvalue weighted by atomic mass is 16.6. The van der Waals surface area contributed by atoms with Crippen molar-refractivity contribution in [3.8, 4) is 0 Å². The molecule has 114 valence electrons. The van der Waals surface area contributed by atoms with E-state index < -0.39 is 17.7 Å². The van der Waals surface area contributed by atoms with E-state index in [0.717, 1.165) is 12.8 Å². The zero-order chi connectivity index (χ0) is 15.0. The molecule has 0 saturated carbocycles. The van der Waals surface area contributed by atoms with Gasteiger partial charge in [0.1, 0.15) is 5.60 Å². The van der Waals surface area contributed by atoms with Crippen LogP contribution in [0.4, 0.5) is 4.79 Å². The van der Waals surface area contributed by atoms with Crippen molar-refractivity contribution >= 4 is 12.1 Å². The average Bonchev–Trinajstić information content (AvgIpc) is 2.72. The number of hydrogen-bond acceptors (Lipinski definition) is 5. The van der Waals surface area contributed by atoms with E-state index in [1.165, 1.54) is 0 Å². The van der Waals surface area contributed by atoms with Gasteiger partial charge < -0.3 is 24.3 Å². The summed E-state index contributed by atoms with van der Waals surface area (Å²) in [5.74, 6) is -1.14. The quantitative estimate of drug-likeness (QED) is 0.702. The molecule has 0 bridgehead atoms. The molecule has 0 aromatic rings. The van der Waals surface area contributed by atoms with Crippen LogP contribution in [0.5, 0.6) is 0 Å². The SMILES string of the molecule is CC(C)(C)OC(=O)N1CCC2(CC1)COC(C(=O)[O-])C2. The monoisotopic (exact) mass is 284 g/mol. The number of piperidine rings is 1. The van der Waals surface area contributed by atoms with Crippen LogP contribution in [0.15, 0.2) is 0 Å². The maximum atomic E-state index is 12.0. The van der Waals surface area contributed by atoms with Crippen LogP contribution in [0.3, 0.4) is 0 Å². The molecule has 20 heavy (non-hydrogen) atoms. The summed E-state index contributed by atoms with van der Waals surface area (Å²) >= 11 is 0. The number of likely N-dealkylation sites (tertiary alicyclic amines) is 1. The number of rotatable bonds is 1. The topological polar surface area (TPSA) is 78.9 Å². The largest absolute Gasteiger partial charge is 0.547 e. The molecule has 1 spiro atoms. The molecule has 0 N–H and O–H groups in total. The summed E-state index contributed by atoms with van der Waals surface area (Å²) in [4.78, 5) is 24.5. The first kappa shape index (κ1) is 15.1. The zero-order valence-electron chi connectivity index (χ0n) is 12.3. The van der Waals surface area contributed by atoms with Gasteiger partial charge >= 0.3 is 6.09 Å². The van der Waals surface area contributed by atoms with Gasteiger partial charge in [-0.15, -0.1) is 0 Å². The lowest BCUT2D eigenvalue weighted by molar-refractivity contribution is -0.315. The van der Waals surface area contributed by atoms with Crippen LogP contribution in [0.25, 0.3) is 0 Å². The van der Waals surface area contributed by atoms with Crippen molar-refractivity contribution in [1.82, 2.24) is 4.90 Å². The van der Waals surface area contributed by atoms with Gasteiger partial charge in [-0.25, -0.2) is 4.79 Å². The number of carbonyl (C=O) groups excluding carboxylic acids is 2. The molecule has 6 nitrogen and oxygen atoms in total. The highest BCUT2D eigenvalue weighted by Gasteiger charge is 2.43. The standard InChI is InChI=1S/C14H23NO5/c1-13(2,3)20-12(18)15-6-4-14(5-7-15)8-10(11(16)17)19-9-14/h10H,4-9H2,1-3H3,(H,16,17)/p-1. The lowest BCUT2D eigenvalue weighted by Crippen LogP contribution is -2.45. The predicted octanol–water partition coefficient (Wildman–Crippen LogP) is 0.543. The van der Waals surface area contributed by atoms with Crippen LogP contribution in [-0.2, 0) is 14.3 Å². The van der Waals surface area contributed by atoms with Crippen molar-refractivity contribution in [3.63, 3.8) is 0 Å². The Hall–Kier alpha value is -1.30. The number of nitrogens with zero attached hydrogens (tertiary/aromatic N) is 1. The molecular weight excluding hydrogens is 262 g/mol. The van der Waals surface area contributed by atoms with Crippen LogP contribution in [-0.4, -0.2) is 48.4 Å². The van der Waals surface area contributed by atoms with E-state index in [2.05, 4.69) is 0 Å². The first-order valence-electron chi connectivity index (χ1n) is 7.01. The zero-order valence-corrected chi connectivity index (χ0v) is 12.3. The van der Waals surface area contributed by atoms with Crippen LogP contribution >= 0.6 is 0 Å². The van der Waals surface area contributed by atoms with Crippen molar-refractivity contribution in [2.75, 3.05) is 19.7 Å². The Labute approximate surface area is 119 Å². The second kappa shape index (κ2) is 5.24. The molecule has 2 heterocycles. The highest BCUT2D eigenvalue weighted by Crippen LogP contribution is 2.41. The van der Waals surface area contributed by atoms with Gasteiger partial charge in [-0.3, -0.25) is 0 Å². The third-order valence-corrected chi connectivity index (χ3v) is 3.95. The summed E-state index contributed by atoms with van der Waals surface area (Å²) in [6.45, 7) is 7.12. The lowest BCUT2D eigenvalue weighted by Gasteiger charge is -2.38. The van der Waals surface area contributed by atoms with Crippen molar-refractivity contribution in [2.45, 2.75) is 51.7 Å². The van der Waals surface area contributed by atoms with Gasteiger partial charge in [0.2, 0.25) is 0 Å². The Morgan fingerprint density at radius 1 is 1.30 bits per heavy atom. The Morgan fingerprint density at radius 2 is 1.90 bits per heavy atom. The molecule has 2 fully saturated rings. The van der Waals surface area contributed by atoms with E-state index in [4.69, 9.17) is 9.47 Å². The Morgan fingerprint density at radius 3 is 2.35 bits per heavy atom. The molecule has 0 aromatic carbocycles. The summed E-state index contributed by atoms with van der Waals surface area (Å²) in [5.41, 5.74) is -0.619. The number of hydrogen-bond donors (Lipinski definition) is 0. The van der Waals surface area contributed by atoms with E-state index in [0.29, 0.717) is 26.1 Å². The van der Waals surface area contributed by atoms with Crippen LogP contribution in [0, 0.1) is 5.41 Å². The number of amides is 1. The maximum Gasteiger partial charge on any atom is 0.410 e. The van der Waals surface area contributed by atoms with Gasteiger partial charge in [-0.1, -0.05) is 0 Å². The van der Waals surface area contributed by atoms with Crippen LogP contribution < -0.4 is 5.11 Å². The predicted molar refractivity (Wildman–Crippen MR) is 68.8 cm³/mol. The minimum Gasteiger partial charge on any atom is -0.547 e. The summed E-state index contributed by atoms with van der Waals surface area (Å²) in [6.07, 6.45) is 0.870. The van der Waals surface area contributed by atoms with E-state index in [-0.39, 0.29) is 11.5 Å². The number of carboxylic acids is 1. The molecule has 2 aliphatic rings. The Balaban J connectivity index is 1.87. The number of carboxylic acid groups (broad SMARTS) is 1. The molecule has 6 heteroatoms. The molecule has 2 rings (SSSR count). The van der Waals surface area contributed by atoms with Crippen molar-refractivity contribution < 1.29 is 24.2 Å². The fourth-order valence-electron chi connectivity index (χ4n) is 2.78. The summed E-state index contributed by atoms with van der Waals surface area (Å²) in [6, 6.07) is 0. The molecule has 0 aliphatic carbocycles. The molecule has 1 amide bonds. The molecule has 1 unspecified atom stereocenters. The fraction of sp³-hybridized carbons (Fsp3) is 0.857. The minimum atomic E-state index is -1.14. The first-order chi connectivity index (χ1) is 9.21. The van der Waals surface area contributed by atoms with Crippen molar-refractivity contribution in [2.24, 2.45) is 5.41 Å². The number of ether oxygens (including phenoxy) is 2. The summed E-state index contributed by atoms with van der Waals surface area (Å²) < 4.78 is 10.6. The molecule has 2 aliphatic heterocycles. The normalized spacial score (nSPS) is 25.8. The molecule has 0 radical (unpaired) electrons. The smallest absolute Gasteiger partial charge is 0.410 e. The van der Waals surface area contributed by atoms with Crippen molar-refractivity contribution in [3.05, 3.63) is 0 Å². The summed E-state index contributed by atoms with van der Waals surface area (Å²) in [5, 5.41) is 10.8. The third-order valence-electron chi connectivity index (χ3n) is 3.95. The maximum absolute atomic E-state index is 12.0. The molecule has 2 saturated heterocycles. The van der Waals surface area contributed by atoms with E-state index in [1.807, 2.05) is 20.8 Å². The van der Waals surface area contributed by atoms with Crippen molar-refractivity contribution in [1.29, 1.82) is 0 Å². The van der Waals surface area contributed by atoms with Gasteiger partial charge in [0, 0.05) is 13.1 Å². The Kier molecular flexibility index (Phi) is 3.95. The molecule has 1 atom stereocenters. The van der Waals surface area contributed by atoms with Crippen LogP contribution in [0.2, 0.25) is 0 Å². The molecule has 0 aromatic heterocycles. The van der Waals surface area contributed by atoms with Crippen LogP contribution in [0.1, 0.15) is 40.0 Å². The van der Waals surface area contributed by atoms with E-state index in [1.54, 1.807) is 4.90 Å². The number of aliphatic carboxylic acids is 1. The van der Waals surface area contributed by atoms with Gasteiger partial charge in [-0.2, -0.15) is 0 Å². The Bertz CT molecular complexity index is 393. The van der Waals surface area contributed by atoms with E-state index >= 15 is 0 Å². The second-order valence-corrected chi connectivity index (χ2v) is 6.79. The molecular formula is C14H22NO5-. The average molecular weight is 284 g/mol. The number of carbonyl (C=O) groups is 2. The van der Waals surface area contributed by atoms with Gasteiger partial charge in [0.05, 0.1) is 18.7 Å². The van der Waals surface area contributed by atoms with Gasteiger partial charge in [-0.05, 0) is 45.4 Å². The fourth-order valence-corrected chi connectivity index (χ4v) is 2.78. The second-order valence-electron chi connectivity index (χ2n) is 6.79. The highest BCUT2D eigenvalue weighted by molar-refractivity contribution is 5.70. The third kappa shape index (κ3) is 3.42. The first-order valence-corrected chi connectivity index (χ1v) is 7.01. The lowest BCUT2D eigenvalue weighted by atomic mass is 9.77. The summed E-state index contributed by atoms with van der Waals surface area (Å²) in [7, 11) is 0.